The van der Waals surface area contributed by atoms with Crippen molar-refractivity contribution in [1.29, 1.82) is 0 Å². The number of nitrogens with zero attached hydrogens (tertiary/aromatic N) is 3. The van der Waals surface area contributed by atoms with E-state index in [1.807, 2.05) is 6.92 Å². The summed E-state index contributed by atoms with van der Waals surface area (Å²) < 4.78 is 6.94. The zero-order chi connectivity index (χ0) is 20.1. The van der Waals surface area contributed by atoms with Gasteiger partial charge in [-0.1, -0.05) is 13.3 Å². The van der Waals surface area contributed by atoms with E-state index < -0.39 is 11.5 Å². The van der Waals surface area contributed by atoms with Crippen molar-refractivity contribution in [1.82, 2.24) is 24.4 Å². The van der Waals surface area contributed by atoms with E-state index in [9.17, 15) is 14.4 Å². The highest BCUT2D eigenvalue weighted by Crippen LogP contribution is 2.17. The molecule has 0 aliphatic carbocycles. The third-order valence-corrected chi connectivity index (χ3v) is 5.14. The number of ether oxygens (including phenoxy) is 1. The molecule has 2 aromatic heterocycles. The molecule has 0 amide bonds. The lowest BCUT2D eigenvalue weighted by Crippen LogP contribution is -2.37. The summed E-state index contributed by atoms with van der Waals surface area (Å²) in [5.41, 5.74) is -0.355. The van der Waals surface area contributed by atoms with E-state index in [0.29, 0.717) is 38.1 Å². The molecular formula is C18H27N5O5. The molecule has 0 atom stereocenters. The molecule has 1 fully saturated rings. The van der Waals surface area contributed by atoms with Gasteiger partial charge < -0.3 is 14.7 Å². The predicted molar refractivity (Wildman–Crippen MR) is 103 cm³/mol. The maximum Gasteiger partial charge on any atom is 0.327 e. The average Bonchev–Trinajstić information content (AvgIpc) is 2.99. The number of hydrogen-bond acceptors (Lipinski definition) is 6. The normalized spacial score (nSPS) is 15.9. The van der Waals surface area contributed by atoms with E-state index in [-0.39, 0.29) is 23.1 Å². The number of carboxylic acid groups (broad SMARTS) is 1. The van der Waals surface area contributed by atoms with Gasteiger partial charge in [-0.25, -0.2) is 4.79 Å². The smallest absolute Gasteiger partial charge is 0.327 e. The Hall–Kier alpha value is -2.62. The van der Waals surface area contributed by atoms with E-state index in [1.165, 1.54) is 4.57 Å². The molecule has 0 saturated carbocycles. The monoisotopic (exact) mass is 393 g/mol. The third kappa shape index (κ3) is 4.61. The minimum atomic E-state index is -0.724. The number of aromatic nitrogens is 4. The number of carbonyl (C=O) groups is 1. The van der Waals surface area contributed by atoms with Crippen LogP contribution in [-0.4, -0.2) is 61.7 Å². The number of H-pyrrole nitrogens is 2. The van der Waals surface area contributed by atoms with Gasteiger partial charge in [0.25, 0.3) is 11.6 Å². The first-order chi connectivity index (χ1) is 13.5. The zero-order valence-electron chi connectivity index (χ0n) is 16.1. The number of carboxylic acids is 1. The molecule has 3 rings (SSSR count). The van der Waals surface area contributed by atoms with Crippen LogP contribution in [0, 0.1) is 5.92 Å². The quantitative estimate of drug-likeness (QED) is 0.536. The molecule has 28 heavy (non-hydrogen) atoms. The lowest BCUT2D eigenvalue weighted by Gasteiger charge is -2.29. The molecule has 1 aliphatic heterocycles. The molecule has 0 aromatic carbocycles. The van der Waals surface area contributed by atoms with Crippen LogP contribution >= 0.6 is 0 Å². The van der Waals surface area contributed by atoms with Gasteiger partial charge in [0.15, 0.2) is 11.2 Å². The molecule has 154 valence electrons. The van der Waals surface area contributed by atoms with Crippen molar-refractivity contribution < 1.29 is 14.6 Å². The third-order valence-electron chi connectivity index (χ3n) is 5.14. The number of hydrogen-bond donors (Lipinski definition) is 3. The van der Waals surface area contributed by atoms with Crippen LogP contribution in [0.3, 0.4) is 0 Å². The lowest BCUT2D eigenvalue weighted by atomic mass is 9.97. The average molecular weight is 393 g/mol. The molecule has 1 aliphatic rings. The second kappa shape index (κ2) is 9.05. The number of piperidine rings is 1. The number of unbranched alkanes of at least 4 members (excludes halogenated alkanes) is 1. The summed E-state index contributed by atoms with van der Waals surface area (Å²) in [6, 6.07) is 0.120. The number of imidazole rings is 1. The fourth-order valence-electron chi connectivity index (χ4n) is 3.46. The topological polar surface area (TPSA) is 133 Å². The molecule has 10 heteroatoms. The summed E-state index contributed by atoms with van der Waals surface area (Å²) in [5.74, 6) is -0.979. The second-order valence-corrected chi connectivity index (χ2v) is 7.16. The van der Waals surface area contributed by atoms with Gasteiger partial charge in [0.1, 0.15) is 0 Å². The van der Waals surface area contributed by atoms with E-state index in [2.05, 4.69) is 19.9 Å². The molecule has 2 aromatic rings. The van der Waals surface area contributed by atoms with Crippen LogP contribution in [0.25, 0.3) is 11.2 Å². The maximum absolute atomic E-state index is 12.3. The molecule has 0 spiro atoms. The number of fused-ring (bicyclic) bond motifs is 1. The molecular weight excluding hydrogens is 366 g/mol. The summed E-state index contributed by atoms with van der Waals surface area (Å²) in [4.78, 5) is 47.1. The SMILES string of the molecule is CCCCOc1nc2c([nH]c(=O)n2CCCN2CCC(C(=O)O)CC2)c(=O)[nH]1. The largest absolute Gasteiger partial charge is 0.481 e. The van der Waals surface area contributed by atoms with Gasteiger partial charge in [-0.15, -0.1) is 0 Å². The molecule has 0 bridgehead atoms. The van der Waals surface area contributed by atoms with Crippen LogP contribution in [-0.2, 0) is 11.3 Å². The van der Waals surface area contributed by atoms with Crippen LogP contribution in [0.2, 0.25) is 0 Å². The summed E-state index contributed by atoms with van der Waals surface area (Å²) in [7, 11) is 0. The Balaban J connectivity index is 1.64. The van der Waals surface area contributed by atoms with Crippen molar-refractivity contribution in [2.45, 2.75) is 45.6 Å². The van der Waals surface area contributed by atoms with Crippen molar-refractivity contribution in [2.24, 2.45) is 5.92 Å². The standard InChI is InChI=1S/C18H27N5O5/c1-2-3-11-28-17-20-14-13(15(24)21-17)19-18(27)23(14)8-4-7-22-9-5-12(6-10-22)16(25)26/h12H,2-11H2,1H3,(H,19,27)(H,25,26)(H,20,21,24). The molecule has 0 unspecified atom stereocenters. The Bertz CT molecular complexity index is 923. The zero-order valence-corrected chi connectivity index (χ0v) is 16.1. The highest BCUT2D eigenvalue weighted by molar-refractivity contribution is 5.70. The van der Waals surface area contributed by atoms with Gasteiger partial charge >= 0.3 is 11.7 Å². The molecule has 3 heterocycles. The predicted octanol–water partition coefficient (Wildman–Crippen LogP) is 0.779. The van der Waals surface area contributed by atoms with Crippen molar-refractivity contribution in [3.63, 3.8) is 0 Å². The molecule has 1 saturated heterocycles. The van der Waals surface area contributed by atoms with Crippen molar-refractivity contribution in [3.8, 4) is 6.01 Å². The Labute approximate surface area is 161 Å². The van der Waals surface area contributed by atoms with Gasteiger partial charge in [0.05, 0.1) is 12.5 Å². The molecule has 0 radical (unpaired) electrons. The first kappa shape index (κ1) is 20.1. The van der Waals surface area contributed by atoms with E-state index in [1.54, 1.807) is 0 Å². The Morgan fingerprint density at radius 3 is 2.64 bits per heavy atom. The minimum absolute atomic E-state index is 0.120. The summed E-state index contributed by atoms with van der Waals surface area (Å²) in [6.07, 6.45) is 3.81. The first-order valence-corrected chi connectivity index (χ1v) is 9.80. The van der Waals surface area contributed by atoms with E-state index >= 15 is 0 Å². The van der Waals surface area contributed by atoms with E-state index in [0.717, 1.165) is 32.5 Å². The second-order valence-electron chi connectivity index (χ2n) is 7.16. The van der Waals surface area contributed by atoms with Crippen LogP contribution in [0.15, 0.2) is 9.59 Å². The van der Waals surface area contributed by atoms with Crippen molar-refractivity contribution in [3.05, 3.63) is 20.8 Å². The number of rotatable bonds is 9. The van der Waals surface area contributed by atoms with Gasteiger partial charge in [0, 0.05) is 6.54 Å². The van der Waals surface area contributed by atoms with Crippen LogP contribution in [0.5, 0.6) is 6.01 Å². The highest BCUT2D eigenvalue weighted by atomic mass is 16.5. The summed E-state index contributed by atoms with van der Waals surface area (Å²) >= 11 is 0. The summed E-state index contributed by atoms with van der Waals surface area (Å²) in [5, 5.41) is 9.06. The number of aryl methyl sites for hydroxylation is 1. The van der Waals surface area contributed by atoms with Crippen molar-refractivity contribution >= 4 is 17.1 Å². The van der Waals surface area contributed by atoms with Crippen molar-refractivity contribution in [2.75, 3.05) is 26.2 Å². The first-order valence-electron chi connectivity index (χ1n) is 9.80. The number of nitrogens with one attached hydrogen (secondary N) is 2. The van der Waals surface area contributed by atoms with Gasteiger partial charge in [0.2, 0.25) is 0 Å². The number of aliphatic carboxylic acids is 1. The van der Waals surface area contributed by atoms with E-state index in [4.69, 9.17) is 9.84 Å². The van der Waals surface area contributed by atoms with Gasteiger partial charge in [-0.05, 0) is 45.3 Å². The summed E-state index contributed by atoms with van der Waals surface area (Å²) in [6.45, 7) is 5.15. The molecule has 10 nitrogen and oxygen atoms in total. The molecule has 3 N–H and O–H groups in total. The maximum atomic E-state index is 12.3. The van der Waals surface area contributed by atoms with Crippen LogP contribution in [0.4, 0.5) is 0 Å². The van der Waals surface area contributed by atoms with Gasteiger partial charge in [-0.2, -0.15) is 4.98 Å². The highest BCUT2D eigenvalue weighted by Gasteiger charge is 2.24. The Morgan fingerprint density at radius 2 is 1.96 bits per heavy atom. The lowest BCUT2D eigenvalue weighted by molar-refractivity contribution is -0.143. The van der Waals surface area contributed by atoms with Crippen LogP contribution < -0.4 is 16.0 Å². The number of likely N-dealkylation sites (tertiary alicyclic amines) is 1. The number of aromatic amines is 2. The Morgan fingerprint density at radius 1 is 1.21 bits per heavy atom. The minimum Gasteiger partial charge on any atom is -0.481 e. The fraction of sp³-hybridized carbons (Fsp3) is 0.667. The Kier molecular flexibility index (Phi) is 6.50. The fourth-order valence-corrected chi connectivity index (χ4v) is 3.46. The van der Waals surface area contributed by atoms with Crippen LogP contribution in [0.1, 0.15) is 39.0 Å². The van der Waals surface area contributed by atoms with Gasteiger partial charge in [-0.3, -0.25) is 24.1 Å².